The number of hydrogen-bond acceptors (Lipinski definition) is 3. The first kappa shape index (κ1) is 29.7. The van der Waals surface area contributed by atoms with Gasteiger partial charge in [-0.15, -0.1) is 0 Å². The summed E-state index contributed by atoms with van der Waals surface area (Å²) in [4.78, 5) is 33.7. The first-order valence-corrected chi connectivity index (χ1v) is 13.5. The van der Waals surface area contributed by atoms with Crippen LogP contribution >= 0.6 is 0 Å². The average Bonchev–Trinajstić information content (AvgIpc) is 3.37. The van der Waals surface area contributed by atoms with E-state index in [2.05, 4.69) is 4.98 Å². The van der Waals surface area contributed by atoms with Gasteiger partial charge in [-0.1, -0.05) is 56.3 Å². The van der Waals surface area contributed by atoms with E-state index < -0.39 is 11.7 Å². The van der Waals surface area contributed by atoms with Gasteiger partial charge in [0.2, 0.25) is 5.91 Å². The lowest BCUT2D eigenvalue weighted by Gasteiger charge is -2.29. The van der Waals surface area contributed by atoms with E-state index in [0.717, 1.165) is 28.6 Å². The number of para-hydroxylation sites is 2. The molecule has 0 atom stereocenters. The Bertz CT molecular complexity index is 1480. The number of nitrogens with one attached hydrogen (secondary N) is 1. The van der Waals surface area contributed by atoms with Crippen LogP contribution in [0, 0.1) is 5.92 Å². The maximum atomic E-state index is 13.8. The number of aromatic amines is 1. The summed E-state index contributed by atoms with van der Waals surface area (Å²) >= 11 is 0. The van der Waals surface area contributed by atoms with Crippen molar-refractivity contribution in [3.05, 3.63) is 101 Å². The van der Waals surface area contributed by atoms with Gasteiger partial charge in [0.05, 0.1) is 18.2 Å². The fraction of sp³-hybridized carbons (Fsp3) is 0.312. The molecule has 2 amide bonds. The summed E-state index contributed by atoms with van der Waals surface area (Å²) in [6, 6.07) is 19.5. The number of carbonyl (C=O) groups is 2. The molecule has 0 unspecified atom stereocenters. The van der Waals surface area contributed by atoms with Crippen molar-refractivity contribution >= 4 is 22.7 Å². The molecule has 41 heavy (non-hydrogen) atoms. The normalized spacial score (nSPS) is 11.6. The third-order valence-corrected chi connectivity index (χ3v) is 6.87. The highest BCUT2D eigenvalue weighted by Gasteiger charge is 2.30. The Morgan fingerprint density at radius 3 is 2.29 bits per heavy atom. The molecule has 0 spiro atoms. The van der Waals surface area contributed by atoms with Crippen LogP contribution in [0.15, 0.2) is 79.0 Å². The number of rotatable bonds is 11. The number of fused-ring (bicyclic) bond motifs is 1. The van der Waals surface area contributed by atoms with E-state index in [9.17, 15) is 22.8 Å². The summed E-state index contributed by atoms with van der Waals surface area (Å²) in [6.07, 6.45) is -2.01. The second-order valence-corrected chi connectivity index (χ2v) is 10.4. The third-order valence-electron chi connectivity index (χ3n) is 6.87. The summed E-state index contributed by atoms with van der Waals surface area (Å²) in [5.74, 6) is -0.111. The Hall–Kier alpha value is -4.27. The quantitative estimate of drug-likeness (QED) is 0.224. The van der Waals surface area contributed by atoms with Gasteiger partial charge in [-0.25, -0.2) is 0 Å². The van der Waals surface area contributed by atoms with Crippen LogP contribution in [0.3, 0.4) is 0 Å². The Labute approximate surface area is 237 Å². The highest BCUT2D eigenvalue weighted by Crippen LogP contribution is 2.29. The highest BCUT2D eigenvalue weighted by atomic mass is 19.4. The number of ether oxygens (including phenoxy) is 1. The maximum Gasteiger partial charge on any atom is 0.416 e. The number of halogens is 3. The summed E-state index contributed by atoms with van der Waals surface area (Å²) in [6.45, 7) is 4.52. The molecule has 3 aromatic carbocycles. The fourth-order valence-corrected chi connectivity index (χ4v) is 4.82. The van der Waals surface area contributed by atoms with Crippen LogP contribution in [0.1, 0.15) is 40.9 Å². The van der Waals surface area contributed by atoms with Gasteiger partial charge >= 0.3 is 6.18 Å². The molecular formula is C32H34F3N3O3. The summed E-state index contributed by atoms with van der Waals surface area (Å²) in [7, 11) is 1.49. The lowest BCUT2D eigenvalue weighted by molar-refractivity contribution is -0.137. The van der Waals surface area contributed by atoms with E-state index >= 15 is 0 Å². The Kier molecular flexibility index (Phi) is 9.37. The standard InChI is InChI=1S/C32H34F3N3O3/c1-22(2)19-38(31(40)27-9-5-7-11-29(27)41-3)21-30(39)37(20-23-12-14-25(15-13-23)32(33,34)35)17-16-24-18-36-28-10-6-4-8-26(24)28/h4-15,18,22,36H,16-17,19-21H2,1-3H3. The van der Waals surface area contributed by atoms with E-state index in [1.54, 1.807) is 29.2 Å². The molecule has 9 heteroatoms. The van der Waals surface area contributed by atoms with Gasteiger partial charge in [0.25, 0.3) is 5.91 Å². The van der Waals surface area contributed by atoms with E-state index in [-0.39, 0.29) is 30.8 Å². The zero-order valence-electron chi connectivity index (χ0n) is 23.4. The number of methoxy groups -OCH3 is 1. The second kappa shape index (κ2) is 12.9. The summed E-state index contributed by atoms with van der Waals surface area (Å²) in [5, 5.41) is 1.04. The van der Waals surface area contributed by atoms with E-state index in [1.807, 2.05) is 44.3 Å². The number of nitrogens with zero attached hydrogens (tertiary/aromatic N) is 2. The number of aromatic nitrogens is 1. The topological polar surface area (TPSA) is 65.6 Å². The van der Waals surface area contributed by atoms with Gasteiger partial charge in [0.15, 0.2) is 0 Å². The van der Waals surface area contributed by atoms with Gasteiger partial charge in [-0.2, -0.15) is 13.2 Å². The second-order valence-electron chi connectivity index (χ2n) is 10.4. The minimum atomic E-state index is -4.44. The first-order chi connectivity index (χ1) is 19.6. The van der Waals surface area contributed by atoms with Gasteiger partial charge in [0.1, 0.15) is 12.3 Å². The SMILES string of the molecule is COc1ccccc1C(=O)N(CC(=O)N(CCc1c[nH]c2ccccc12)Cc1ccc(C(F)(F)F)cc1)CC(C)C. The van der Waals surface area contributed by atoms with Crippen molar-refractivity contribution in [3.8, 4) is 5.75 Å². The molecule has 0 radical (unpaired) electrons. The Morgan fingerprint density at radius 1 is 0.927 bits per heavy atom. The van der Waals surface area contributed by atoms with Gasteiger partial charge in [-0.3, -0.25) is 9.59 Å². The van der Waals surface area contributed by atoms with Gasteiger partial charge < -0.3 is 19.5 Å². The first-order valence-electron chi connectivity index (χ1n) is 13.5. The largest absolute Gasteiger partial charge is 0.496 e. The van der Waals surface area contributed by atoms with Crippen molar-refractivity contribution in [3.63, 3.8) is 0 Å². The van der Waals surface area contributed by atoms with Crippen molar-refractivity contribution in [2.45, 2.75) is 33.0 Å². The van der Waals surface area contributed by atoms with Crippen molar-refractivity contribution in [1.82, 2.24) is 14.8 Å². The van der Waals surface area contributed by atoms with E-state index in [4.69, 9.17) is 4.74 Å². The Balaban J connectivity index is 1.59. The molecule has 0 aliphatic heterocycles. The van der Waals surface area contributed by atoms with Crippen LogP contribution in [0.5, 0.6) is 5.75 Å². The third kappa shape index (κ3) is 7.48. The molecule has 4 rings (SSSR count). The molecule has 0 aliphatic carbocycles. The number of amides is 2. The molecule has 0 bridgehead atoms. The molecular weight excluding hydrogens is 531 g/mol. The molecule has 1 aromatic heterocycles. The van der Waals surface area contributed by atoms with E-state index in [1.165, 1.54) is 24.1 Å². The minimum absolute atomic E-state index is 0.0936. The van der Waals surface area contributed by atoms with Crippen LogP contribution in [0.4, 0.5) is 13.2 Å². The van der Waals surface area contributed by atoms with Crippen LogP contribution in [0.25, 0.3) is 10.9 Å². The lowest BCUT2D eigenvalue weighted by atomic mass is 10.1. The molecule has 1 heterocycles. The molecule has 1 N–H and O–H groups in total. The molecule has 0 saturated heterocycles. The Morgan fingerprint density at radius 2 is 1.61 bits per heavy atom. The highest BCUT2D eigenvalue weighted by molar-refractivity contribution is 5.98. The van der Waals surface area contributed by atoms with Gasteiger partial charge in [0, 0.05) is 36.7 Å². The van der Waals surface area contributed by atoms with E-state index in [0.29, 0.717) is 36.4 Å². The lowest BCUT2D eigenvalue weighted by Crippen LogP contribution is -2.44. The summed E-state index contributed by atoms with van der Waals surface area (Å²) < 4.78 is 44.7. The smallest absolute Gasteiger partial charge is 0.416 e. The fourth-order valence-electron chi connectivity index (χ4n) is 4.82. The molecule has 0 fully saturated rings. The molecule has 4 aromatic rings. The van der Waals surface area contributed by atoms with Crippen molar-refractivity contribution < 1.29 is 27.5 Å². The van der Waals surface area contributed by atoms with Gasteiger partial charge in [-0.05, 0) is 53.8 Å². The molecule has 216 valence electrons. The number of hydrogen-bond donors (Lipinski definition) is 1. The van der Waals surface area contributed by atoms with Crippen LogP contribution in [-0.2, 0) is 23.9 Å². The molecule has 6 nitrogen and oxygen atoms in total. The number of carbonyl (C=O) groups excluding carboxylic acids is 2. The van der Waals surface area contributed by atoms with Crippen molar-refractivity contribution in [1.29, 1.82) is 0 Å². The maximum absolute atomic E-state index is 13.8. The molecule has 0 aliphatic rings. The monoisotopic (exact) mass is 565 g/mol. The van der Waals surface area contributed by atoms with Crippen LogP contribution < -0.4 is 4.74 Å². The number of alkyl halides is 3. The average molecular weight is 566 g/mol. The predicted molar refractivity (Wildman–Crippen MR) is 153 cm³/mol. The van der Waals surface area contributed by atoms with Crippen molar-refractivity contribution in [2.24, 2.45) is 5.92 Å². The zero-order valence-corrected chi connectivity index (χ0v) is 23.4. The zero-order chi connectivity index (χ0) is 29.6. The van der Waals surface area contributed by atoms with Crippen LogP contribution in [-0.4, -0.2) is 53.3 Å². The number of H-pyrrole nitrogens is 1. The predicted octanol–water partition coefficient (Wildman–Crippen LogP) is 6.57. The summed E-state index contributed by atoms with van der Waals surface area (Å²) in [5.41, 5.74) is 2.18. The molecule has 0 saturated carbocycles. The van der Waals surface area contributed by atoms with Crippen LogP contribution in [0.2, 0.25) is 0 Å². The minimum Gasteiger partial charge on any atom is -0.496 e. The number of benzene rings is 3. The van der Waals surface area contributed by atoms with Crippen molar-refractivity contribution in [2.75, 3.05) is 26.7 Å².